The van der Waals surface area contributed by atoms with Crippen molar-refractivity contribution in [2.75, 3.05) is 33.7 Å². The summed E-state index contributed by atoms with van der Waals surface area (Å²) in [4.78, 5) is 2.44. The van der Waals surface area contributed by atoms with Crippen LogP contribution in [0.15, 0.2) is 16.3 Å². The lowest BCUT2D eigenvalue weighted by molar-refractivity contribution is 0.261. The summed E-state index contributed by atoms with van der Waals surface area (Å²) in [5.74, 6) is 0.455. The minimum Gasteiger partial charge on any atom is -0.308 e. The van der Waals surface area contributed by atoms with E-state index in [4.69, 9.17) is 5.26 Å². The van der Waals surface area contributed by atoms with Gasteiger partial charge in [-0.1, -0.05) is 19.3 Å². The predicted octanol–water partition coefficient (Wildman–Crippen LogP) is 2.75. The molecule has 0 aliphatic heterocycles. The van der Waals surface area contributed by atoms with Crippen LogP contribution in [0.4, 0.5) is 0 Å². The highest BCUT2D eigenvalue weighted by atomic mass is 32.2. The fourth-order valence-electron chi connectivity index (χ4n) is 2.92. The molecule has 0 unspecified atom stereocenters. The van der Waals surface area contributed by atoms with Gasteiger partial charge in [0.1, 0.15) is 15.2 Å². The van der Waals surface area contributed by atoms with Crippen LogP contribution in [-0.2, 0) is 10.0 Å². The fraction of sp³-hybridized carbons (Fsp3) is 0.688. The number of thiophene rings is 1. The van der Waals surface area contributed by atoms with Crippen molar-refractivity contribution in [3.8, 4) is 6.07 Å². The van der Waals surface area contributed by atoms with E-state index in [1.165, 1.54) is 19.3 Å². The molecule has 0 bridgehead atoms. The number of likely N-dealkylation sites (N-methyl/N-ethyl adjacent to an activating group) is 1. The van der Waals surface area contributed by atoms with Crippen LogP contribution in [0, 0.1) is 17.2 Å². The van der Waals surface area contributed by atoms with Crippen LogP contribution in [-0.4, -0.2) is 51.4 Å². The first-order valence-electron chi connectivity index (χ1n) is 8.08. The molecule has 1 fully saturated rings. The third kappa shape index (κ3) is 5.01. The Hall–Kier alpha value is -0.940. The Labute approximate surface area is 143 Å². The third-order valence-corrected chi connectivity index (χ3v) is 7.59. The van der Waals surface area contributed by atoms with Crippen molar-refractivity contribution >= 4 is 21.4 Å². The number of sulfonamides is 1. The lowest BCUT2D eigenvalue weighted by atomic mass is 9.89. The second-order valence-corrected chi connectivity index (χ2v) is 9.65. The Morgan fingerprint density at radius 2 is 1.91 bits per heavy atom. The first-order valence-corrected chi connectivity index (χ1v) is 10.3. The quantitative estimate of drug-likeness (QED) is 0.754. The minimum absolute atomic E-state index is 0.281. The molecule has 2 rings (SSSR count). The molecule has 0 amide bonds. The highest BCUT2D eigenvalue weighted by Crippen LogP contribution is 2.29. The maximum atomic E-state index is 13.0. The first-order chi connectivity index (χ1) is 10.9. The number of rotatable bonds is 7. The van der Waals surface area contributed by atoms with Crippen molar-refractivity contribution in [3.63, 3.8) is 0 Å². The molecule has 1 saturated carbocycles. The smallest absolute Gasteiger partial charge is 0.252 e. The van der Waals surface area contributed by atoms with Crippen molar-refractivity contribution < 1.29 is 8.42 Å². The van der Waals surface area contributed by atoms with Crippen LogP contribution in [0.5, 0.6) is 0 Å². The van der Waals surface area contributed by atoms with E-state index in [2.05, 4.69) is 0 Å². The van der Waals surface area contributed by atoms with Gasteiger partial charge < -0.3 is 4.90 Å². The molecule has 5 nitrogen and oxygen atoms in total. The summed E-state index contributed by atoms with van der Waals surface area (Å²) in [5.41, 5.74) is 0. The summed E-state index contributed by atoms with van der Waals surface area (Å²) in [6.45, 7) is 1.78. The summed E-state index contributed by atoms with van der Waals surface area (Å²) in [7, 11) is 0.386. The van der Waals surface area contributed by atoms with E-state index in [0.717, 1.165) is 24.2 Å². The van der Waals surface area contributed by atoms with Gasteiger partial charge in [-0.15, -0.1) is 11.3 Å². The largest absolute Gasteiger partial charge is 0.308 e. The van der Waals surface area contributed by atoms with Gasteiger partial charge in [-0.25, -0.2) is 8.42 Å². The Morgan fingerprint density at radius 1 is 1.22 bits per heavy atom. The molecule has 0 radical (unpaired) electrons. The molecule has 0 spiro atoms. The van der Waals surface area contributed by atoms with E-state index in [1.807, 2.05) is 25.1 Å². The Kier molecular flexibility index (Phi) is 6.60. The number of hydrogen-bond donors (Lipinski definition) is 0. The van der Waals surface area contributed by atoms with E-state index in [-0.39, 0.29) is 4.21 Å². The molecule has 0 atom stereocenters. The molecule has 0 N–H and O–H groups in total. The monoisotopic (exact) mass is 355 g/mol. The number of hydrogen-bond acceptors (Lipinski definition) is 5. The van der Waals surface area contributed by atoms with Gasteiger partial charge >= 0.3 is 0 Å². The van der Waals surface area contributed by atoms with E-state index in [9.17, 15) is 8.42 Å². The lowest BCUT2D eigenvalue weighted by Gasteiger charge is -2.29. The average molecular weight is 356 g/mol. The van der Waals surface area contributed by atoms with Crippen molar-refractivity contribution in [1.29, 1.82) is 5.26 Å². The van der Waals surface area contributed by atoms with Crippen LogP contribution in [0.3, 0.4) is 0 Å². The van der Waals surface area contributed by atoms with Crippen molar-refractivity contribution in [2.24, 2.45) is 5.92 Å². The minimum atomic E-state index is -3.51. The molecule has 1 aliphatic carbocycles. The van der Waals surface area contributed by atoms with Gasteiger partial charge in [-0.3, -0.25) is 0 Å². The van der Waals surface area contributed by atoms with Gasteiger partial charge in [-0.05, 0) is 45.0 Å². The fourth-order valence-corrected chi connectivity index (χ4v) is 5.69. The van der Waals surface area contributed by atoms with E-state index >= 15 is 0 Å². The van der Waals surface area contributed by atoms with Gasteiger partial charge in [0.05, 0.1) is 0 Å². The highest BCUT2D eigenvalue weighted by Gasteiger charge is 2.29. The average Bonchev–Trinajstić information content (AvgIpc) is 3.02. The maximum absolute atomic E-state index is 13.0. The van der Waals surface area contributed by atoms with Crippen LogP contribution >= 0.6 is 11.3 Å². The van der Waals surface area contributed by atoms with Crippen LogP contribution in [0.2, 0.25) is 0 Å². The molecular weight excluding hydrogens is 330 g/mol. The molecule has 1 aromatic rings. The SMILES string of the molecule is CN(C)CCN(CC1CCCCC1)S(=O)(=O)c1ccc(C#N)s1. The van der Waals surface area contributed by atoms with Crippen LogP contribution in [0.25, 0.3) is 0 Å². The summed E-state index contributed by atoms with van der Waals surface area (Å²) in [6, 6.07) is 5.16. The first kappa shape index (κ1) is 18.4. The van der Waals surface area contributed by atoms with E-state index in [1.54, 1.807) is 16.4 Å². The zero-order chi connectivity index (χ0) is 16.9. The Balaban J connectivity index is 2.18. The molecule has 1 aliphatic rings. The van der Waals surface area contributed by atoms with Crippen molar-refractivity contribution in [2.45, 2.75) is 36.3 Å². The molecule has 1 heterocycles. The molecule has 23 heavy (non-hydrogen) atoms. The summed E-state index contributed by atoms with van der Waals surface area (Å²) < 4.78 is 27.8. The van der Waals surface area contributed by atoms with Gasteiger partial charge in [0.2, 0.25) is 0 Å². The third-order valence-electron chi connectivity index (χ3n) is 4.27. The summed E-state index contributed by atoms with van der Waals surface area (Å²) >= 11 is 1.06. The van der Waals surface area contributed by atoms with E-state index in [0.29, 0.717) is 30.4 Å². The molecule has 7 heteroatoms. The lowest BCUT2D eigenvalue weighted by Crippen LogP contribution is -2.39. The molecule has 1 aromatic heterocycles. The van der Waals surface area contributed by atoms with Crippen molar-refractivity contribution in [3.05, 3.63) is 17.0 Å². The second-order valence-electron chi connectivity index (χ2n) is 6.40. The highest BCUT2D eigenvalue weighted by molar-refractivity contribution is 7.91. The standard InChI is InChI=1S/C16H25N3O2S2/c1-18(2)10-11-19(13-14-6-4-3-5-7-14)23(20,21)16-9-8-15(12-17)22-16/h8-9,14H,3-7,10-11,13H2,1-2H3. The van der Waals surface area contributed by atoms with Gasteiger partial charge in [-0.2, -0.15) is 9.57 Å². The predicted molar refractivity (Wildman–Crippen MR) is 92.9 cm³/mol. The molecule has 0 aromatic carbocycles. The molecular formula is C16H25N3O2S2. The second kappa shape index (κ2) is 8.25. The Morgan fingerprint density at radius 3 is 2.48 bits per heavy atom. The van der Waals surface area contributed by atoms with Crippen molar-refractivity contribution in [1.82, 2.24) is 9.21 Å². The van der Waals surface area contributed by atoms with Crippen LogP contribution < -0.4 is 0 Å². The zero-order valence-corrected chi connectivity index (χ0v) is 15.5. The zero-order valence-electron chi connectivity index (χ0n) is 13.9. The van der Waals surface area contributed by atoms with Gasteiger partial charge in [0.25, 0.3) is 10.0 Å². The Bertz CT molecular complexity index is 641. The normalized spacial score (nSPS) is 16.8. The number of nitriles is 1. The summed E-state index contributed by atoms with van der Waals surface area (Å²) in [5, 5.41) is 8.94. The topological polar surface area (TPSA) is 64.4 Å². The van der Waals surface area contributed by atoms with Gasteiger partial charge in [0, 0.05) is 19.6 Å². The van der Waals surface area contributed by atoms with Crippen LogP contribution in [0.1, 0.15) is 37.0 Å². The van der Waals surface area contributed by atoms with Gasteiger partial charge in [0.15, 0.2) is 0 Å². The molecule has 0 saturated heterocycles. The van der Waals surface area contributed by atoms with E-state index < -0.39 is 10.0 Å². The molecule has 128 valence electrons. The summed E-state index contributed by atoms with van der Waals surface area (Å²) in [6.07, 6.45) is 5.88. The maximum Gasteiger partial charge on any atom is 0.252 e. The number of nitrogens with zero attached hydrogens (tertiary/aromatic N) is 3.